The highest BCUT2D eigenvalue weighted by Crippen LogP contribution is 2.27. The monoisotopic (exact) mass is 298 g/mol. The Labute approximate surface area is 130 Å². The minimum atomic E-state index is 0.0128. The van der Waals surface area contributed by atoms with Crippen molar-refractivity contribution in [2.45, 2.75) is 51.2 Å². The van der Waals surface area contributed by atoms with Crippen molar-refractivity contribution in [2.24, 2.45) is 0 Å². The van der Waals surface area contributed by atoms with Gasteiger partial charge in [0, 0.05) is 31.0 Å². The number of hydrogen-bond acceptors (Lipinski definition) is 4. The molecule has 0 aliphatic heterocycles. The van der Waals surface area contributed by atoms with Gasteiger partial charge in [0.2, 0.25) is 0 Å². The molecule has 0 atom stereocenters. The van der Waals surface area contributed by atoms with Gasteiger partial charge in [0.25, 0.3) is 5.56 Å². The van der Waals surface area contributed by atoms with Gasteiger partial charge in [0.1, 0.15) is 0 Å². The van der Waals surface area contributed by atoms with Crippen LogP contribution in [0.1, 0.15) is 43.0 Å². The second-order valence-corrected chi connectivity index (χ2v) is 6.00. The Morgan fingerprint density at radius 3 is 2.59 bits per heavy atom. The maximum Gasteiger partial charge on any atom is 0.267 e. The van der Waals surface area contributed by atoms with Crippen molar-refractivity contribution < 1.29 is 0 Å². The third-order valence-corrected chi connectivity index (χ3v) is 4.35. The first-order valence-corrected chi connectivity index (χ1v) is 7.91. The molecule has 0 aromatic carbocycles. The van der Waals surface area contributed by atoms with Gasteiger partial charge in [-0.05, 0) is 56.4 Å². The second-order valence-electron chi connectivity index (χ2n) is 6.00. The molecule has 22 heavy (non-hydrogen) atoms. The predicted octanol–water partition coefficient (Wildman–Crippen LogP) is 2.22. The normalized spacial score (nSPS) is 21.7. The Hall–Kier alpha value is -2.01. The largest absolute Gasteiger partial charge is 0.310 e. The molecule has 5 heteroatoms. The highest BCUT2D eigenvalue weighted by Gasteiger charge is 2.23. The Balaban J connectivity index is 1.54. The van der Waals surface area contributed by atoms with Crippen LogP contribution >= 0.6 is 0 Å². The number of pyridine rings is 1. The van der Waals surface area contributed by atoms with E-state index in [0.717, 1.165) is 37.9 Å². The molecule has 3 rings (SSSR count). The van der Waals surface area contributed by atoms with Crippen LogP contribution in [0.5, 0.6) is 0 Å². The van der Waals surface area contributed by atoms with Crippen LogP contribution in [0, 0.1) is 6.92 Å². The smallest absolute Gasteiger partial charge is 0.267 e. The summed E-state index contributed by atoms with van der Waals surface area (Å²) in [5.41, 5.74) is 2.17. The summed E-state index contributed by atoms with van der Waals surface area (Å²) in [4.78, 5) is 16.0. The molecule has 1 aliphatic rings. The molecule has 0 unspecified atom stereocenters. The fourth-order valence-corrected chi connectivity index (χ4v) is 3.07. The molecule has 2 aromatic heterocycles. The molecule has 1 N–H and O–H groups in total. The predicted molar refractivity (Wildman–Crippen MR) is 85.6 cm³/mol. The van der Waals surface area contributed by atoms with Crippen LogP contribution in [0.25, 0.3) is 0 Å². The Morgan fingerprint density at radius 1 is 1.14 bits per heavy atom. The van der Waals surface area contributed by atoms with Crippen molar-refractivity contribution in [3.8, 4) is 0 Å². The first-order valence-electron chi connectivity index (χ1n) is 7.91. The molecule has 116 valence electrons. The first kappa shape index (κ1) is 14.9. The zero-order chi connectivity index (χ0) is 15.4. The summed E-state index contributed by atoms with van der Waals surface area (Å²) in [6, 6.07) is 8.23. The van der Waals surface area contributed by atoms with Gasteiger partial charge in [0.15, 0.2) is 0 Å². The fourth-order valence-electron chi connectivity index (χ4n) is 3.07. The standard InChI is InChI=1S/C17H22N4O/c1-13-2-7-17(22)21(20-13)16-5-3-15(4-6-16)19-12-14-8-10-18-11-9-14/h2,7-11,15-16,19H,3-6,12H2,1H3. The lowest BCUT2D eigenvalue weighted by Crippen LogP contribution is -2.36. The Kier molecular flexibility index (Phi) is 4.63. The van der Waals surface area contributed by atoms with E-state index in [2.05, 4.69) is 15.4 Å². The van der Waals surface area contributed by atoms with Crippen molar-refractivity contribution in [1.82, 2.24) is 20.1 Å². The van der Waals surface area contributed by atoms with Gasteiger partial charge in [-0.15, -0.1) is 0 Å². The lowest BCUT2D eigenvalue weighted by molar-refractivity contribution is 0.268. The van der Waals surface area contributed by atoms with Crippen molar-refractivity contribution in [3.05, 3.63) is 58.3 Å². The van der Waals surface area contributed by atoms with Crippen molar-refractivity contribution in [1.29, 1.82) is 0 Å². The van der Waals surface area contributed by atoms with E-state index < -0.39 is 0 Å². The average Bonchev–Trinajstić information content (AvgIpc) is 2.57. The maximum atomic E-state index is 11.9. The van der Waals surface area contributed by atoms with Gasteiger partial charge in [-0.2, -0.15) is 5.10 Å². The fraction of sp³-hybridized carbons (Fsp3) is 0.471. The van der Waals surface area contributed by atoms with E-state index in [9.17, 15) is 4.79 Å². The van der Waals surface area contributed by atoms with E-state index in [1.807, 2.05) is 31.5 Å². The summed E-state index contributed by atoms with van der Waals surface area (Å²) >= 11 is 0. The lowest BCUT2D eigenvalue weighted by atomic mass is 9.91. The molecular formula is C17H22N4O. The highest BCUT2D eigenvalue weighted by atomic mass is 16.1. The number of nitrogens with zero attached hydrogens (tertiary/aromatic N) is 3. The third kappa shape index (κ3) is 3.60. The van der Waals surface area contributed by atoms with Gasteiger partial charge in [-0.3, -0.25) is 9.78 Å². The van der Waals surface area contributed by atoms with Crippen molar-refractivity contribution >= 4 is 0 Å². The molecule has 1 fully saturated rings. The van der Waals surface area contributed by atoms with Crippen LogP contribution in [0.15, 0.2) is 41.5 Å². The SMILES string of the molecule is Cc1ccc(=O)n(C2CCC(NCc3ccncc3)CC2)n1. The number of aromatic nitrogens is 3. The summed E-state index contributed by atoms with van der Waals surface area (Å²) in [7, 11) is 0. The van der Waals surface area contributed by atoms with Crippen LogP contribution in [-0.2, 0) is 6.54 Å². The zero-order valence-electron chi connectivity index (χ0n) is 12.9. The third-order valence-electron chi connectivity index (χ3n) is 4.35. The van der Waals surface area contributed by atoms with Gasteiger partial charge < -0.3 is 5.32 Å². The van der Waals surface area contributed by atoms with E-state index in [-0.39, 0.29) is 11.6 Å². The molecule has 0 saturated heterocycles. The van der Waals surface area contributed by atoms with Gasteiger partial charge >= 0.3 is 0 Å². The minimum Gasteiger partial charge on any atom is -0.310 e. The summed E-state index contributed by atoms with van der Waals surface area (Å²) < 4.78 is 1.68. The van der Waals surface area contributed by atoms with E-state index in [1.165, 1.54) is 5.56 Å². The quantitative estimate of drug-likeness (QED) is 0.940. The van der Waals surface area contributed by atoms with Crippen LogP contribution < -0.4 is 10.9 Å². The Morgan fingerprint density at radius 2 is 1.86 bits per heavy atom. The summed E-state index contributed by atoms with van der Waals surface area (Å²) in [6.07, 6.45) is 7.82. The summed E-state index contributed by atoms with van der Waals surface area (Å²) in [5, 5.41) is 7.99. The summed E-state index contributed by atoms with van der Waals surface area (Å²) in [5.74, 6) is 0. The molecule has 0 bridgehead atoms. The molecule has 0 spiro atoms. The average molecular weight is 298 g/mol. The minimum absolute atomic E-state index is 0.0128. The highest BCUT2D eigenvalue weighted by molar-refractivity contribution is 5.09. The van der Waals surface area contributed by atoms with Crippen molar-refractivity contribution in [3.63, 3.8) is 0 Å². The molecule has 1 aliphatic carbocycles. The lowest BCUT2D eigenvalue weighted by Gasteiger charge is -2.29. The second kappa shape index (κ2) is 6.83. The van der Waals surface area contributed by atoms with Gasteiger partial charge in [0.05, 0.1) is 11.7 Å². The van der Waals surface area contributed by atoms with Gasteiger partial charge in [-0.1, -0.05) is 0 Å². The zero-order valence-corrected chi connectivity index (χ0v) is 12.9. The number of aryl methyl sites for hydroxylation is 1. The summed E-state index contributed by atoms with van der Waals surface area (Å²) in [6.45, 7) is 2.80. The van der Waals surface area contributed by atoms with E-state index in [0.29, 0.717) is 6.04 Å². The maximum absolute atomic E-state index is 11.9. The number of rotatable bonds is 4. The molecule has 2 aromatic rings. The van der Waals surface area contributed by atoms with E-state index >= 15 is 0 Å². The Bertz CT molecular complexity index is 660. The van der Waals surface area contributed by atoms with Gasteiger partial charge in [-0.25, -0.2) is 4.68 Å². The van der Waals surface area contributed by atoms with Crippen LogP contribution in [0.2, 0.25) is 0 Å². The molecule has 5 nitrogen and oxygen atoms in total. The first-order chi connectivity index (χ1) is 10.7. The van der Waals surface area contributed by atoms with Crippen LogP contribution in [0.3, 0.4) is 0 Å². The molecule has 1 saturated carbocycles. The molecule has 2 heterocycles. The van der Waals surface area contributed by atoms with E-state index in [4.69, 9.17) is 0 Å². The number of hydrogen-bond donors (Lipinski definition) is 1. The molecular weight excluding hydrogens is 276 g/mol. The van der Waals surface area contributed by atoms with Crippen LogP contribution in [-0.4, -0.2) is 20.8 Å². The topological polar surface area (TPSA) is 59.8 Å². The molecule has 0 radical (unpaired) electrons. The molecule has 0 amide bonds. The van der Waals surface area contributed by atoms with Crippen LogP contribution in [0.4, 0.5) is 0 Å². The van der Waals surface area contributed by atoms with E-state index in [1.54, 1.807) is 16.8 Å². The number of nitrogens with one attached hydrogen (secondary N) is 1. The van der Waals surface area contributed by atoms with Crippen molar-refractivity contribution in [2.75, 3.05) is 0 Å².